The minimum Gasteiger partial charge on any atom is -0.311 e. The van der Waals surface area contributed by atoms with Gasteiger partial charge in [0, 0.05) is 18.8 Å². The third-order valence-electron chi connectivity index (χ3n) is 5.62. The van der Waals surface area contributed by atoms with Gasteiger partial charge in [-0.2, -0.15) is 5.26 Å². The van der Waals surface area contributed by atoms with Gasteiger partial charge in [-0.05, 0) is 48.7 Å². The first-order valence-electron chi connectivity index (χ1n) is 11.3. The standard InChI is InChI=1S/C25H25FN6O2S/c1-17(2)12-15-31-23(34)20-6-3-4-7-21(20)32-24(31)28-29-25(32)35-16-22(33)30(14-5-13-27)19-10-8-18(26)9-11-19/h3-4,6-11,17H,5,12,14-16H2,1-2H3. The lowest BCUT2D eigenvalue weighted by Crippen LogP contribution is -2.33. The van der Waals surface area contributed by atoms with Crippen LogP contribution in [0.25, 0.3) is 16.7 Å². The Labute approximate surface area is 206 Å². The molecule has 0 aliphatic heterocycles. The van der Waals surface area contributed by atoms with Gasteiger partial charge in [0.25, 0.3) is 5.56 Å². The second-order valence-corrected chi connectivity index (χ2v) is 9.44. The van der Waals surface area contributed by atoms with Crippen molar-refractivity contribution in [1.82, 2.24) is 19.2 Å². The number of halogens is 1. The summed E-state index contributed by atoms with van der Waals surface area (Å²) in [6, 6.07) is 14.9. The maximum Gasteiger partial charge on any atom is 0.262 e. The zero-order chi connectivity index (χ0) is 24.9. The Morgan fingerprint density at radius 3 is 2.63 bits per heavy atom. The topological polar surface area (TPSA) is 96.3 Å². The molecule has 180 valence electrons. The van der Waals surface area contributed by atoms with E-state index in [1.807, 2.05) is 28.7 Å². The number of hydrogen-bond acceptors (Lipinski definition) is 6. The molecule has 35 heavy (non-hydrogen) atoms. The van der Waals surface area contributed by atoms with Crippen molar-refractivity contribution >= 4 is 40.0 Å². The average Bonchev–Trinajstić information content (AvgIpc) is 3.27. The zero-order valence-corrected chi connectivity index (χ0v) is 20.3. The van der Waals surface area contributed by atoms with Gasteiger partial charge in [-0.25, -0.2) is 4.39 Å². The summed E-state index contributed by atoms with van der Waals surface area (Å²) >= 11 is 1.20. The van der Waals surface area contributed by atoms with Crippen LogP contribution in [-0.4, -0.2) is 37.4 Å². The largest absolute Gasteiger partial charge is 0.311 e. The van der Waals surface area contributed by atoms with Gasteiger partial charge in [0.1, 0.15) is 5.82 Å². The number of hydrogen-bond donors (Lipinski definition) is 0. The Morgan fingerprint density at radius 1 is 1.17 bits per heavy atom. The summed E-state index contributed by atoms with van der Waals surface area (Å²) in [5.74, 6) is 0.230. The van der Waals surface area contributed by atoms with Crippen LogP contribution in [0.15, 0.2) is 58.5 Å². The molecule has 0 saturated carbocycles. The number of aromatic nitrogens is 4. The molecule has 0 saturated heterocycles. The van der Waals surface area contributed by atoms with Crippen LogP contribution in [0, 0.1) is 23.1 Å². The molecule has 4 rings (SSSR count). The Balaban J connectivity index is 1.67. The molecule has 0 fully saturated rings. The average molecular weight is 493 g/mol. The molecule has 0 N–H and O–H groups in total. The third kappa shape index (κ3) is 5.20. The normalized spacial score (nSPS) is 11.3. The van der Waals surface area contributed by atoms with Crippen LogP contribution in [0.5, 0.6) is 0 Å². The number of fused-ring (bicyclic) bond motifs is 3. The van der Waals surface area contributed by atoms with Crippen molar-refractivity contribution in [3.8, 4) is 6.07 Å². The summed E-state index contributed by atoms with van der Waals surface area (Å²) in [5.41, 5.74) is 1.08. The number of carbonyl (C=O) groups excluding carboxylic acids is 1. The molecule has 0 aliphatic carbocycles. The number of anilines is 1. The number of para-hydroxylation sites is 1. The summed E-state index contributed by atoms with van der Waals surface area (Å²) < 4.78 is 16.8. The van der Waals surface area contributed by atoms with Crippen molar-refractivity contribution < 1.29 is 9.18 Å². The van der Waals surface area contributed by atoms with Crippen LogP contribution in [0.2, 0.25) is 0 Å². The number of benzene rings is 2. The number of nitriles is 1. The highest BCUT2D eigenvalue weighted by atomic mass is 32.2. The zero-order valence-electron chi connectivity index (χ0n) is 19.5. The fourth-order valence-electron chi connectivity index (χ4n) is 3.80. The SMILES string of the molecule is CC(C)CCn1c(=O)c2ccccc2n2c(SCC(=O)N(CCC#N)c3ccc(F)cc3)nnc12. The molecule has 0 radical (unpaired) electrons. The van der Waals surface area contributed by atoms with Gasteiger partial charge in [-0.1, -0.05) is 37.7 Å². The van der Waals surface area contributed by atoms with Crippen LogP contribution in [0.3, 0.4) is 0 Å². The molecule has 2 heterocycles. The van der Waals surface area contributed by atoms with E-state index in [1.165, 1.54) is 40.9 Å². The van der Waals surface area contributed by atoms with E-state index in [1.54, 1.807) is 10.6 Å². The van der Waals surface area contributed by atoms with Gasteiger partial charge in [0.05, 0.1) is 29.1 Å². The molecule has 0 spiro atoms. The minimum atomic E-state index is -0.402. The fourth-order valence-corrected chi connectivity index (χ4v) is 4.62. The molecular weight excluding hydrogens is 467 g/mol. The van der Waals surface area contributed by atoms with E-state index in [9.17, 15) is 14.0 Å². The first-order chi connectivity index (χ1) is 16.9. The van der Waals surface area contributed by atoms with E-state index in [2.05, 4.69) is 24.0 Å². The molecule has 2 aromatic carbocycles. The van der Waals surface area contributed by atoms with Gasteiger partial charge in [-0.15, -0.1) is 10.2 Å². The van der Waals surface area contributed by atoms with Gasteiger partial charge < -0.3 is 4.90 Å². The molecule has 0 unspecified atom stereocenters. The van der Waals surface area contributed by atoms with Crippen LogP contribution in [-0.2, 0) is 11.3 Å². The van der Waals surface area contributed by atoms with E-state index < -0.39 is 5.82 Å². The summed E-state index contributed by atoms with van der Waals surface area (Å²) in [6.07, 6.45) is 0.960. The lowest BCUT2D eigenvalue weighted by Gasteiger charge is -2.21. The molecule has 0 bridgehead atoms. The maximum atomic E-state index is 13.4. The highest BCUT2D eigenvalue weighted by Gasteiger charge is 2.20. The second-order valence-electron chi connectivity index (χ2n) is 8.49. The first-order valence-corrected chi connectivity index (χ1v) is 12.3. The number of carbonyl (C=O) groups is 1. The van der Waals surface area contributed by atoms with E-state index in [0.29, 0.717) is 40.0 Å². The lowest BCUT2D eigenvalue weighted by atomic mass is 10.1. The number of amides is 1. The summed E-state index contributed by atoms with van der Waals surface area (Å²) in [4.78, 5) is 27.7. The molecule has 2 aromatic heterocycles. The molecule has 8 nitrogen and oxygen atoms in total. The highest BCUT2D eigenvalue weighted by Crippen LogP contribution is 2.24. The number of thioether (sulfide) groups is 1. The Hall–Kier alpha value is -3.71. The van der Waals surface area contributed by atoms with Crippen molar-refractivity contribution in [1.29, 1.82) is 5.26 Å². The Kier molecular flexibility index (Phi) is 7.46. The van der Waals surface area contributed by atoms with Crippen LogP contribution in [0.1, 0.15) is 26.7 Å². The van der Waals surface area contributed by atoms with Crippen molar-refractivity contribution in [3.05, 3.63) is 64.7 Å². The van der Waals surface area contributed by atoms with Gasteiger partial charge in [0.2, 0.25) is 11.7 Å². The van der Waals surface area contributed by atoms with Crippen molar-refractivity contribution in [2.24, 2.45) is 5.92 Å². The third-order valence-corrected chi connectivity index (χ3v) is 6.53. The van der Waals surface area contributed by atoms with Crippen molar-refractivity contribution in [3.63, 3.8) is 0 Å². The summed E-state index contributed by atoms with van der Waals surface area (Å²) in [5, 5.41) is 18.6. The van der Waals surface area contributed by atoms with Gasteiger partial charge in [-0.3, -0.25) is 18.6 Å². The number of nitrogens with zero attached hydrogens (tertiary/aromatic N) is 6. The fraction of sp³-hybridized carbons (Fsp3) is 0.320. The minimum absolute atomic E-state index is 0.0308. The number of aryl methyl sites for hydroxylation is 1. The summed E-state index contributed by atoms with van der Waals surface area (Å²) in [7, 11) is 0. The van der Waals surface area contributed by atoms with Crippen LogP contribution >= 0.6 is 11.8 Å². The number of rotatable bonds is 9. The van der Waals surface area contributed by atoms with E-state index in [0.717, 1.165) is 6.42 Å². The molecule has 10 heteroatoms. The highest BCUT2D eigenvalue weighted by molar-refractivity contribution is 7.99. The molecule has 4 aromatic rings. The maximum absolute atomic E-state index is 13.4. The molecule has 0 aliphatic rings. The van der Waals surface area contributed by atoms with E-state index in [4.69, 9.17) is 5.26 Å². The summed E-state index contributed by atoms with van der Waals surface area (Å²) in [6.45, 7) is 4.90. The van der Waals surface area contributed by atoms with Crippen molar-refractivity contribution in [2.75, 3.05) is 17.2 Å². The van der Waals surface area contributed by atoms with Gasteiger partial charge in [0.15, 0.2) is 5.16 Å². The smallest absolute Gasteiger partial charge is 0.262 e. The predicted molar refractivity (Wildman–Crippen MR) is 134 cm³/mol. The quantitative estimate of drug-likeness (QED) is 0.324. The van der Waals surface area contributed by atoms with Crippen LogP contribution in [0.4, 0.5) is 10.1 Å². The lowest BCUT2D eigenvalue weighted by molar-refractivity contribution is -0.116. The van der Waals surface area contributed by atoms with E-state index in [-0.39, 0.29) is 30.2 Å². The molecule has 0 atom stereocenters. The Morgan fingerprint density at radius 2 is 1.91 bits per heavy atom. The van der Waals surface area contributed by atoms with Crippen LogP contribution < -0.4 is 10.5 Å². The first kappa shape index (κ1) is 24.4. The van der Waals surface area contributed by atoms with Gasteiger partial charge >= 0.3 is 0 Å². The van der Waals surface area contributed by atoms with Crippen molar-refractivity contribution in [2.45, 2.75) is 38.4 Å². The monoisotopic (exact) mass is 492 g/mol. The van der Waals surface area contributed by atoms with E-state index >= 15 is 0 Å². The molecule has 1 amide bonds. The second kappa shape index (κ2) is 10.7. The molecular formula is C25H25FN6O2S. The predicted octanol–water partition coefficient (Wildman–Crippen LogP) is 4.27. The Bertz CT molecular complexity index is 1460.